The maximum absolute atomic E-state index is 11.1. The van der Waals surface area contributed by atoms with Crippen molar-refractivity contribution in [3.8, 4) is 0 Å². The van der Waals surface area contributed by atoms with E-state index in [1.807, 2.05) is 49.4 Å². The minimum absolute atomic E-state index is 0.0912. The van der Waals surface area contributed by atoms with Gasteiger partial charge in [-0.25, -0.2) is 4.98 Å². The summed E-state index contributed by atoms with van der Waals surface area (Å²) in [5, 5.41) is 9.31. The Morgan fingerprint density at radius 3 is 2.37 bits per heavy atom. The summed E-state index contributed by atoms with van der Waals surface area (Å²) in [5.74, 6) is 1.20. The van der Waals surface area contributed by atoms with Crippen molar-refractivity contribution < 1.29 is 4.79 Å². The van der Waals surface area contributed by atoms with Crippen LogP contribution >= 0.6 is 0 Å². The molecule has 3 rings (SSSR count). The molecule has 3 aromatic rings. The van der Waals surface area contributed by atoms with Gasteiger partial charge in [0.2, 0.25) is 11.9 Å². The third-order valence-electron chi connectivity index (χ3n) is 4.03. The highest BCUT2D eigenvalue weighted by molar-refractivity contribution is 5.88. The Kier molecular flexibility index (Phi) is 5.66. The van der Waals surface area contributed by atoms with Gasteiger partial charge < -0.3 is 16.0 Å². The summed E-state index contributed by atoms with van der Waals surface area (Å²) in [4.78, 5) is 20.1. The van der Waals surface area contributed by atoms with Crippen LogP contribution in [-0.2, 0) is 11.3 Å². The van der Waals surface area contributed by atoms with Gasteiger partial charge in [-0.3, -0.25) is 4.79 Å². The largest absolute Gasteiger partial charge is 0.350 e. The Morgan fingerprint density at radius 1 is 0.963 bits per heavy atom. The van der Waals surface area contributed by atoms with E-state index < -0.39 is 0 Å². The molecule has 0 unspecified atom stereocenters. The molecule has 0 aliphatic heterocycles. The van der Waals surface area contributed by atoms with E-state index in [4.69, 9.17) is 0 Å². The molecule has 1 amide bonds. The summed E-state index contributed by atoms with van der Waals surface area (Å²) < 4.78 is 0. The molecule has 0 atom stereocenters. The van der Waals surface area contributed by atoms with Crippen molar-refractivity contribution in [1.29, 1.82) is 0 Å². The van der Waals surface area contributed by atoms with Crippen LogP contribution in [0.15, 0.2) is 54.6 Å². The van der Waals surface area contributed by atoms with E-state index >= 15 is 0 Å². The van der Waals surface area contributed by atoms with Crippen LogP contribution in [0.5, 0.6) is 0 Å². The molecule has 0 spiro atoms. The summed E-state index contributed by atoms with van der Waals surface area (Å²) in [6.45, 7) is 6.18. The van der Waals surface area contributed by atoms with Crippen molar-refractivity contribution in [2.75, 3.05) is 16.0 Å². The number of aromatic nitrogens is 2. The zero-order valence-corrected chi connectivity index (χ0v) is 15.7. The lowest BCUT2D eigenvalue weighted by Crippen LogP contribution is -2.07. The van der Waals surface area contributed by atoms with Gasteiger partial charge in [0, 0.05) is 36.6 Å². The quantitative estimate of drug-likeness (QED) is 0.606. The fourth-order valence-corrected chi connectivity index (χ4v) is 2.68. The Hall–Kier alpha value is -3.41. The molecule has 0 bridgehead atoms. The van der Waals surface area contributed by atoms with Crippen LogP contribution in [0.3, 0.4) is 0 Å². The predicted molar refractivity (Wildman–Crippen MR) is 109 cm³/mol. The van der Waals surface area contributed by atoms with Crippen molar-refractivity contribution in [2.24, 2.45) is 0 Å². The zero-order chi connectivity index (χ0) is 19.2. The minimum Gasteiger partial charge on any atom is -0.350 e. The lowest BCUT2D eigenvalue weighted by Gasteiger charge is -2.11. The summed E-state index contributed by atoms with van der Waals surface area (Å²) in [5.41, 5.74) is 4.95. The number of benzene rings is 2. The van der Waals surface area contributed by atoms with Crippen LogP contribution in [0, 0.1) is 13.8 Å². The number of aryl methyl sites for hydroxylation is 2. The van der Waals surface area contributed by atoms with Crippen molar-refractivity contribution >= 4 is 29.0 Å². The molecule has 27 heavy (non-hydrogen) atoms. The second-order valence-corrected chi connectivity index (χ2v) is 6.38. The third-order valence-corrected chi connectivity index (χ3v) is 4.03. The van der Waals surface area contributed by atoms with E-state index in [-0.39, 0.29) is 5.91 Å². The second-order valence-electron chi connectivity index (χ2n) is 6.38. The SMILES string of the molecule is CC(=O)Nc1ccc(Nc2cc(C)nc(NCc3ccccc3C)n2)cc1. The molecule has 0 radical (unpaired) electrons. The van der Waals surface area contributed by atoms with Crippen LogP contribution in [0.4, 0.5) is 23.1 Å². The molecular formula is C21H23N5O. The molecule has 0 saturated carbocycles. The van der Waals surface area contributed by atoms with E-state index in [1.54, 1.807) is 0 Å². The Morgan fingerprint density at radius 2 is 1.67 bits per heavy atom. The Balaban J connectivity index is 1.69. The lowest BCUT2D eigenvalue weighted by atomic mass is 10.1. The van der Waals surface area contributed by atoms with E-state index in [2.05, 4.69) is 45.0 Å². The average molecular weight is 361 g/mol. The van der Waals surface area contributed by atoms with E-state index in [1.165, 1.54) is 18.1 Å². The van der Waals surface area contributed by atoms with Crippen molar-refractivity contribution in [1.82, 2.24) is 9.97 Å². The van der Waals surface area contributed by atoms with Gasteiger partial charge in [0.1, 0.15) is 5.82 Å². The van der Waals surface area contributed by atoms with Gasteiger partial charge in [-0.15, -0.1) is 0 Å². The molecule has 0 aliphatic carbocycles. The second kappa shape index (κ2) is 8.31. The number of nitrogens with one attached hydrogen (secondary N) is 3. The van der Waals surface area contributed by atoms with Crippen LogP contribution in [0.1, 0.15) is 23.7 Å². The molecule has 0 aliphatic rings. The summed E-state index contributed by atoms with van der Waals surface area (Å²) in [7, 11) is 0. The van der Waals surface area contributed by atoms with Gasteiger partial charge in [-0.05, 0) is 49.2 Å². The number of hydrogen-bond acceptors (Lipinski definition) is 5. The van der Waals surface area contributed by atoms with Gasteiger partial charge in [-0.1, -0.05) is 24.3 Å². The van der Waals surface area contributed by atoms with Crippen LogP contribution in [0.2, 0.25) is 0 Å². The normalized spacial score (nSPS) is 10.3. The smallest absolute Gasteiger partial charge is 0.225 e. The molecule has 0 saturated heterocycles. The summed E-state index contributed by atoms with van der Waals surface area (Å²) in [6.07, 6.45) is 0. The first kappa shape index (κ1) is 18.4. The minimum atomic E-state index is -0.0912. The molecule has 1 heterocycles. The fraction of sp³-hybridized carbons (Fsp3) is 0.190. The molecule has 0 fully saturated rings. The van der Waals surface area contributed by atoms with Gasteiger partial charge >= 0.3 is 0 Å². The maximum atomic E-state index is 11.1. The zero-order valence-electron chi connectivity index (χ0n) is 15.7. The Bertz CT molecular complexity index is 938. The number of carbonyl (C=O) groups excluding carboxylic acids is 1. The van der Waals surface area contributed by atoms with Gasteiger partial charge in [0.05, 0.1) is 0 Å². The lowest BCUT2D eigenvalue weighted by molar-refractivity contribution is -0.114. The van der Waals surface area contributed by atoms with E-state index in [0.717, 1.165) is 17.1 Å². The molecule has 6 heteroatoms. The highest BCUT2D eigenvalue weighted by Crippen LogP contribution is 2.19. The van der Waals surface area contributed by atoms with Crippen LogP contribution in [-0.4, -0.2) is 15.9 Å². The molecule has 6 nitrogen and oxygen atoms in total. The molecule has 138 valence electrons. The standard InChI is InChI=1S/C21H23N5O/c1-14-6-4-5-7-17(14)13-22-21-23-15(2)12-20(26-21)25-19-10-8-18(9-11-19)24-16(3)27/h4-12H,13H2,1-3H3,(H,24,27)(H2,22,23,25,26). The first-order valence-corrected chi connectivity index (χ1v) is 8.78. The molecule has 1 aromatic heterocycles. The van der Waals surface area contributed by atoms with Gasteiger partial charge in [-0.2, -0.15) is 4.98 Å². The van der Waals surface area contributed by atoms with Gasteiger partial charge in [0.25, 0.3) is 0 Å². The van der Waals surface area contributed by atoms with E-state index in [0.29, 0.717) is 18.3 Å². The van der Waals surface area contributed by atoms with Crippen molar-refractivity contribution in [3.63, 3.8) is 0 Å². The number of carbonyl (C=O) groups is 1. The highest BCUT2D eigenvalue weighted by atomic mass is 16.1. The highest BCUT2D eigenvalue weighted by Gasteiger charge is 2.05. The monoisotopic (exact) mass is 361 g/mol. The number of amides is 1. The van der Waals surface area contributed by atoms with Crippen molar-refractivity contribution in [2.45, 2.75) is 27.3 Å². The molecular weight excluding hydrogens is 338 g/mol. The van der Waals surface area contributed by atoms with Crippen LogP contribution < -0.4 is 16.0 Å². The molecule has 3 N–H and O–H groups in total. The third kappa shape index (κ3) is 5.28. The summed E-state index contributed by atoms with van der Waals surface area (Å²) in [6, 6.07) is 17.6. The summed E-state index contributed by atoms with van der Waals surface area (Å²) >= 11 is 0. The van der Waals surface area contributed by atoms with E-state index in [9.17, 15) is 4.79 Å². The van der Waals surface area contributed by atoms with Crippen LogP contribution in [0.25, 0.3) is 0 Å². The predicted octanol–water partition coefficient (Wildman–Crippen LogP) is 4.41. The number of nitrogens with zero attached hydrogens (tertiary/aromatic N) is 2. The van der Waals surface area contributed by atoms with Gasteiger partial charge in [0.15, 0.2) is 0 Å². The Labute approximate surface area is 159 Å². The molecule has 2 aromatic carbocycles. The topological polar surface area (TPSA) is 78.9 Å². The number of hydrogen-bond donors (Lipinski definition) is 3. The first-order valence-electron chi connectivity index (χ1n) is 8.78. The fourth-order valence-electron chi connectivity index (χ4n) is 2.68. The maximum Gasteiger partial charge on any atom is 0.225 e. The number of rotatable bonds is 6. The first-order chi connectivity index (χ1) is 13.0. The average Bonchev–Trinajstić information content (AvgIpc) is 2.62. The number of anilines is 4. The van der Waals surface area contributed by atoms with Crippen molar-refractivity contribution in [3.05, 3.63) is 71.4 Å².